The lowest BCUT2D eigenvalue weighted by Gasteiger charge is -2.24. The first kappa shape index (κ1) is 36.7. The van der Waals surface area contributed by atoms with Gasteiger partial charge < -0.3 is 13.3 Å². The molecule has 65 heavy (non-hydrogen) atoms. The lowest BCUT2D eigenvalue weighted by atomic mass is 10.0. The van der Waals surface area contributed by atoms with Gasteiger partial charge in [0.15, 0.2) is 0 Å². The van der Waals surface area contributed by atoms with E-state index in [2.05, 4.69) is 155 Å². The smallest absolute Gasteiger partial charge is 0.141 e. The molecule has 0 fully saturated rings. The van der Waals surface area contributed by atoms with E-state index < -0.39 is 0 Å². The third kappa shape index (κ3) is 6.28. The molecule has 0 atom stereocenters. The van der Waals surface area contributed by atoms with Crippen molar-refractivity contribution in [3.8, 4) is 22.3 Å². The van der Waals surface area contributed by atoms with Crippen LogP contribution in [0.4, 0.5) is 34.4 Å². The van der Waals surface area contributed by atoms with Gasteiger partial charge >= 0.3 is 0 Å². The maximum absolute atomic E-state index is 6.78. The van der Waals surface area contributed by atoms with E-state index in [-0.39, 0.29) is 0 Å². The predicted octanol–water partition coefficient (Wildman–Crippen LogP) is 16.4. The molecule has 0 amide bonds. The van der Waals surface area contributed by atoms with E-state index in [0.29, 0.717) is 22.8 Å². The number of pyridine rings is 2. The summed E-state index contributed by atoms with van der Waals surface area (Å²) in [5.41, 5.74) is 13.0. The van der Waals surface area contributed by atoms with Gasteiger partial charge in [-0.25, -0.2) is 9.97 Å². The highest BCUT2D eigenvalue weighted by Gasteiger charge is 2.22. The first-order valence-corrected chi connectivity index (χ1v) is 21.6. The number of anilines is 6. The van der Waals surface area contributed by atoms with Crippen molar-refractivity contribution in [2.24, 2.45) is 0 Å². The SMILES string of the molecule is c1ccc(-c2ccc(N(c3ccc4c(c3)oc3ccccc34)c3cc4oc5cc(N(c6ccc(-c7ccccc7)cc6)c6ccc7c(c6)oc6ccccc67)ncc5c4cn3)cc2)cc1. The summed E-state index contributed by atoms with van der Waals surface area (Å²) < 4.78 is 19.5. The molecule has 0 unspecified atom stereocenters. The van der Waals surface area contributed by atoms with Crippen LogP contribution >= 0.6 is 0 Å². The molecule has 0 radical (unpaired) electrons. The van der Waals surface area contributed by atoms with Gasteiger partial charge in [0.1, 0.15) is 45.1 Å². The van der Waals surface area contributed by atoms with E-state index in [0.717, 1.165) is 99.7 Å². The average molecular weight is 837 g/mol. The molecular formula is C58H36N4O3. The summed E-state index contributed by atoms with van der Waals surface area (Å²) in [6.07, 6.45) is 3.77. The zero-order valence-corrected chi connectivity index (χ0v) is 34.8. The van der Waals surface area contributed by atoms with Crippen molar-refractivity contribution in [1.82, 2.24) is 9.97 Å². The van der Waals surface area contributed by atoms with Crippen LogP contribution in [0.1, 0.15) is 0 Å². The molecule has 0 spiro atoms. The van der Waals surface area contributed by atoms with Crippen LogP contribution in [0.25, 0.3) is 88.1 Å². The Morgan fingerprint density at radius 3 is 1.05 bits per heavy atom. The zero-order valence-electron chi connectivity index (χ0n) is 34.8. The highest BCUT2D eigenvalue weighted by atomic mass is 16.3. The average Bonchev–Trinajstić information content (AvgIpc) is 4.05. The summed E-state index contributed by atoms with van der Waals surface area (Å²) in [5, 5.41) is 6.04. The van der Waals surface area contributed by atoms with Gasteiger partial charge in [-0.2, -0.15) is 0 Å². The van der Waals surface area contributed by atoms with E-state index in [1.807, 2.05) is 73.1 Å². The van der Waals surface area contributed by atoms with Crippen LogP contribution in [0.3, 0.4) is 0 Å². The summed E-state index contributed by atoms with van der Waals surface area (Å²) in [6.45, 7) is 0. The fourth-order valence-electron chi connectivity index (χ4n) is 9.19. The minimum absolute atomic E-state index is 0.696. The molecule has 306 valence electrons. The number of nitrogens with zero attached hydrogens (tertiary/aromatic N) is 4. The molecule has 7 nitrogen and oxygen atoms in total. The second-order valence-electron chi connectivity index (χ2n) is 16.2. The minimum Gasteiger partial charge on any atom is -0.456 e. The van der Waals surface area contributed by atoms with Crippen molar-refractivity contribution in [1.29, 1.82) is 0 Å². The van der Waals surface area contributed by atoms with Crippen LogP contribution in [0.5, 0.6) is 0 Å². The normalized spacial score (nSPS) is 11.7. The molecule has 8 aromatic carbocycles. The molecule has 0 saturated heterocycles. The van der Waals surface area contributed by atoms with Gasteiger partial charge in [0.05, 0.1) is 11.4 Å². The number of hydrogen-bond acceptors (Lipinski definition) is 7. The number of aromatic nitrogens is 2. The molecule has 5 heterocycles. The van der Waals surface area contributed by atoms with Crippen LogP contribution < -0.4 is 9.80 Å². The Morgan fingerprint density at radius 1 is 0.262 bits per heavy atom. The molecule has 0 aliphatic rings. The van der Waals surface area contributed by atoms with Crippen molar-refractivity contribution in [2.45, 2.75) is 0 Å². The zero-order chi connectivity index (χ0) is 42.8. The second-order valence-corrected chi connectivity index (χ2v) is 16.2. The summed E-state index contributed by atoms with van der Waals surface area (Å²) >= 11 is 0. The van der Waals surface area contributed by atoms with E-state index >= 15 is 0 Å². The van der Waals surface area contributed by atoms with Crippen molar-refractivity contribution in [3.05, 3.63) is 219 Å². The third-order valence-electron chi connectivity index (χ3n) is 12.4. The highest BCUT2D eigenvalue weighted by Crippen LogP contribution is 2.43. The maximum Gasteiger partial charge on any atom is 0.141 e. The molecule has 7 heteroatoms. The molecule has 0 bridgehead atoms. The Hall–Kier alpha value is -8.94. The number of para-hydroxylation sites is 2. The van der Waals surface area contributed by atoms with Crippen LogP contribution in [-0.4, -0.2) is 9.97 Å². The highest BCUT2D eigenvalue weighted by molar-refractivity contribution is 6.09. The Balaban J connectivity index is 0.929. The van der Waals surface area contributed by atoms with Gasteiger partial charge in [-0.05, 0) is 82.9 Å². The number of fused-ring (bicyclic) bond motifs is 9. The van der Waals surface area contributed by atoms with Crippen LogP contribution in [0.2, 0.25) is 0 Å². The van der Waals surface area contributed by atoms with Crippen molar-refractivity contribution in [3.63, 3.8) is 0 Å². The molecule has 13 rings (SSSR count). The van der Waals surface area contributed by atoms with Gasteiger partial charge in [0.2, 0.25) is 0 Å². The van der Waals surface area contributed by atoms with Crippen LogP contribution in [-0.2, 0) is 0 Å². The van der Waals surface area contributed by atoms with E-state index in [1.54, 1.807) is 0 Å². The van der Waals surface area contributed by atoms with Crippen molar-refractivity contribution < 1.29 is 13.3 Å². The Labute approximate surface area is 372 Å². The van der Waals surface area contributed by atoms with Gasteiger partial charge in [-0.3, -0.25) is 9.80 Å². The molecule has 5 aromatic heterocycles. The monoisotopic (exact) mass is 836 g/mol. The second kappa shape index (κ2) is 14.9. The molecule has 0 aliphatic carbocycles. The first-order valence-electron chi connectivity index (χ1n) is 21.6. The summed E-state index contributed by atoms with van der Waals surface area (Å²) in [7, 11) is 0. The first-order chi connectivity index (χ1) is 32.2. The van der Waals surface area contributed by atoms with E-state index in [9.17, 15) is 0 Å². The molecule has 0 aliphatic heterocycles. The van der Waals surface area contributed by atoms with Crippen LogP contribution in [0.15, 0.2) is 232 Å². The Bertz CT molecular complexity index is 3640. The number of rotatable bonds is 8. The topological polar surface area (TPSA) is 71.7 Å². The summed E-state index contributed by atoms with van der Waals surface area (Å²) in [4.78, 5) is 14.5. The third-order valence-corrected chi connectivity index (χ3v) is 12.4. The lowest BCUT2D eigenvalue weighted by Crippen LogP contribution is -2.11. The molecular weight excluding hydrogens is 801 g/mol. The fraction of sp³-hybridized carbons (Fsp3) is 0. The molecule has 0 saturated carbocycles. The maximum atomic E-state index is 6.78. The van der Waals surface area contributed by atoms with Gasteiger partial charge in [-0.15, -0.1) is 0 Å². The van der Waals surface area contributed by atoms with Gasteiger partial charge in [-0.1, -0.05) is 121 Å². The van der Waals surface area contributed by atoms with Gasteiger partial charge in [0.25, 0.3) is 0 Å². The molecule has 0 N–H and O–H groups in total. The van der Waals surface area contributed by atoms with Crippen molar-refractivity contribution >= 4 is 100 Å². The number of benzene rings is 8. The van der Waals surface area contributed by atoms with E-state index in [4.69, 9.17) is 23.2 Å². The largest absolute Gasteiger partial charge is 0.456 e. The lowest BCUT2D eigenvalue weighted by molar-refractivity contribution is 0.668. The fourth-order valence-corrected chi connectivity index (χ4v) is 9.19. The standard InChI is InChI=1S/C58H36N4O3/c1-3-11-37(12-4-1)39-19-23-41(24-20-39)61(43-27-29-47-45-15-7-9-17-51(45)63-53(47)31-43)57-33-55-49(35-59-57)50-36-60-58(34-56(50)65-55)62(42-25-21-40(22-26-42)38-13-5-2-6-14-38)44-28-30-48-46-16-8-10-18-52(46)64-54(48)32-44/h1-36H. The number of hydrogen-bond donors (Lipinski definition) is 0. The van der Waals surface area contributed by atoms with E-state index in [1.165, 1.54) is 0 Å². The number of furan rings is 3. The van der Waals surface area contributed by atoms with Gasteiger partial charge in [0, 0.05) is 80.4 Å². The minimum atomic E-state index is 0.696. The summed E-state index contributed by atoms with van der Waals surface area (Å²) in [6, 6.07) is 70.9. The van der Waals surface area contributed by atoms with Crippen LogP contribution in [0, 0.1) is 0 Å². The Kier molecular flexibility index (Phi) is 8.39. The summed E-state index contributed by atoms with van der Waals surface area (Å²) in [5.74, 6) is 1.40. The quantitative estimate of drug-likeness (QED) is 0.151. The van der Waals surface area contributed by atoms with Crippen molar-refractivity contribution in [2.75, 3.05) is 9.80 Å². The molecule has 13 aromatic rings. The Morgan fingerprint density at radius 2 is 0.600 bits per heavy atom. The predicted molar refractivity (Wildman–Crippen MR) is 264 cm³/mol.